The SMILES string of the molecule is COc1ccc(CNCC2CCCS2)c(OC)c1OC. The van der Waals surface area contributed by atoms with Crippen LogP contribution in [0.25, 0.3) is 0 Å². The van der Waals surface area contributed by atoms with E-state index in [1.54, 1.807) is 21.3 Å². The van der Waals surface area contributed by atoms with Gasteiger partial charge >= 0.3 is 0 Å². The molecule has 0 aliphatic carbocycles. The molecule has 0 radical (unpaired) electrons. The van der Waals surface area contributed by atoms with Crippen molar-refractivity contribution in [3.05, 3.63) is 17.7 Å². The van der Waals surface area contributed by atoms with Gasteiger partial charge in [-0.05, 0) is 24.7 Å². The molecule has 1 fully saturated rings. The summed E-state index contributed by atoms with van der Waals surface area (Å²) < 4.78 is 16.2. The quantitative estimate of drug-likeness (QED) is 0.838. The average Bonchev–Trinajstić information content (AvgIpc) is 2.99. The van der Waals surface area contributed by atoms with Crippen LogP contribution in [-0.4, -0.2) is 38.9 Å². The molecule has 1 N–H and O–H groups in total. The first-order valence-corrected chi connectivity index (χ1v) is 7.95. The summed E-state index contributed by atoms with van der Waals surface area (Å²) in [5.41, 5.74) is 1.09. The van der Waals surface area contributed by atoms with Crippen molar-refractivity contribution in [3.8, 4) is 17.2 Å². The first kappa shape index (κ1) is 15.3. The van der Waals surface area contributed by atoms with Crippen LogP contribution in [0.4, 0.5) is 0 Å². The molecule has 1 aromatic rings. The Morgan fingerprint density at radius 2 is 1.95 bits per heavy atom. The van der Waals surface area contributed by atoms with Crippen LogP contribution >= 0.6 is 11.8 Å². The Kier molecular flexibility index (Phi) is 5.86. The summed E-state index contributed by atoms with van der Waals surface area (Å²) in [4.78, 5) is 0. The third kappa shape index (κ3) is 3.52. The van der Waals surface area contributed by atoms with Gasteiger partial charge in [-0.1, -0.05) is 6.07 Å². The summed E-state index contributed by atoms with van der Waals surface area (Å²) in [5, 5.41) is 4.26. The Labute approximate surface area is 125 Å². The second-order valence-corrected chi connectivity index (χ2v) is 6.17. The molecule has 1 heterocycles. The van der Waals surface area contributed by atoms with Crippen molar-refractivity contribution in [2.75, 3.05) is 33.6 Å². The molecule has 1 aliphatic heterocycles. The van der Waals surface area contributed by atoms with Crippen LogP contribution < -0.4 is 19.5 Å². The topological polar surface area (TPSA) is 39.7 Å². The molecule has 5 heteroatoms. The van der Waals surface area contributed by atoms with E-state index in [4.69, 9.17) is 14.2 Å². The summed E-state index contributed by atoms with van der Waals surface area (Å²) in [6, 6.07) is 3.94. The smallest absolute Gasteiger partial charge is 0.203 e. The van der Waals surface area contributed by atoms with E-state index in [9.17, 15) is 0 Å². The molecule has 0 bridgehead atoms. The first-order chi connectivity index (χ1) is 9.80. The molecule has 1 saturated heterocycles. The first-order valence-electron chi connectivity index (χ1n) is 6.90. The highest BCUT2D eigenvalue weighted by Crippen LogP contribution is 2.39. The van der Waals surface area contributed by atoms with E-state index in [1.165, 1.54) is 18.6 Å². The number of benzene rings is 1. The van der Waals surface area contributed by atoms with Gasteiger partial charge in [0.1, 0.15) is 0 Å². The molecule has 1 aliphatic rings. The predicted molar refractivity (Wildman–Crippen MR) is 83.3 cm³/mol. The molecule has 4 nitrogen and oxygen atoms in total. The van der Waals surface area contributed by atoms with Crippen molar-refractivity contribution in [1.29, 1.82) is 0 Å². The van der Waals surface area contributed by atoms with Crippen LogP contribution in [-0.2, 0) is 6.54 Å². The largest absolute Gasteiger partial charge is 0.493 e. The zero-order chi connectivity index (χ0) is 14.4. The van der Waals surface area contributed by atoms with Gasteiger partial charge in [0, 0.05) is 23.9 Å². The van der Waals surface area contributed by atoms with E-state index in [1.807, 2.05) is 12.1 Å². The van der Waals surface area contributed by atoms with E-state index in [0.29, 0.717) is 11.5 Å². The normalized spacial score (nSPS) is 18.1. The molecular weight excluding hydrogens is 274 g/mol. The van der Waals surface area contributed by atoms with Gasteiger partial charge in [-0.25, -0.2) is 0 Å². The fourth-order valence-corrected chi connectivity index (χ4v) is 3.71. The highest BCUT2D eigenvalue weighted by molar-refractivity contribution is 8.00. The lowest BCUT2D eigenvalue weighted by atomic mass is 10.1. The Bertz CT molecular complexity index is 433. The minimum Gasteiger partial charge on any atom is -0.493 e. The molecular formula is C15H23NO3S. The minimum atomic E-state index is 0.657. The minimum absolute atomic E-state index is 0.657. The number of thioether (sulfide) groups is 1. The summed E-state index contributed by atoms with van der Waals surface area (Å²) in [6.45, 7) is 1.82. The second kappa shape index (κ2) is 7.64. The van der Waals surface area contributed by atoms with Crippen molar-refractivity contribution in [3.63, 3.8) is 0 Å². The van der Waals surface area contributed by atoms with Gasteiger partial charge in [-0.2, -0.15) is 11.8 Å². The summed E-state index contributed by atoms with van der Waals surface area (Å²) in [6.07, 6.45) is 2.66. The maximum atomic E-state index is 5.48. The van der Waals surface area contributed by atoms with Crippen molar-refractivity contribution in [2.45, 2.75) is 24.6 Å². The van der Waals surface area contributed by atoms with Gasteiger partial charge in [-0.3, -0.25) is 0 Å². The molecule has 1 unspecified atom stereocenters. The molecule has 0 aromatic heterocycles. The lowest BCUT2D eigenvalue weighted by molar-refractivity contribution is 0.321. The Morgan fingerprint density at radius 1 is 1.15 bits per heavy atom. The third-order valence-corrected chi connectivity index (χ3v) is 4.90. The third-order valence-electron chi connectivity index (χ3n) is 3.50. The predicted octanol–water partition coefficient (Wildman–Crippen LogP) is 2.70. The van der Waals surface area contributed by atoms with E-state index < -0.39 is 0 Å². The Balaban J connectivity index is 2.02. The summed E-state index contributed by atoms with van der Waals surface area (Å²) in [7, 11) is 4.92. The monoisotopic (exact) mass is 297 g/mol. The summed E-state index contributed by atoms with van der Waals surface area (Å²) in [5.74, 6) is 3.40. The molecule has 1 aromatic carbocycles. The second-order valence-electron chi connectivity index (χ2n) is 4.76. The molecule has 20 heavy (non-hydrogen) atoms. The molecule has 2 rings (SSSR count). The van der Waals surface area contributed by atoms with Gasteiger partial charge in [0.15, 0.2) is 11.5 Å². The van der Waals surface area contributed by atoms with Gasteiger partial charge in [0.05, 0.1) is 21.3 Å². The van der Waals surface area contributed by atoms with Gasteiger partial charge < -0.3 is 19.5 Å². The van der Waals surface area contributed by atoms with Crippen molar-refractivity contribution >= 4 is 11.8 Å². The zero-order valence-corrected chi connectivity index (χ0v) is 13.2. The van der Waals surface area contributed by atoms with Crippen molar-refractivity contribution < 1.29 is 14.2 Å². The number of hydrogen-bond donors (Lipinski definition) is 1. The van der Waals surface area contributed by atoms with Gasteiger partial charge in [0.2, 0.25) is 5.75 Å². The van der Waals surface area contributed by atoms with Crippen LogP contribution in [0.3, 0.4) is 0 Å². The summed E-state index contributed by atoms with van der Waals surface area (Å²) >= 11 is 2.06. The van der Waals surface area contributed by atoms with E-state index in [2.05, 4.69) is 17.1 Å². The van der Waals surface area contributed by atoms with E-state index in [0.717, 1.165) is 29.7 Å². The standard InChI is InChI=1S/C15H23NO3S/c1-17-13-7-6-11(14(18-2)15(13)19-3)9-16-10-12-5-4-8-20-12/h6-7,12,16H,4-5,8-10H2,1-3H3. The fraction of sp³-hybridized carbons (Fsp3) is 0.600. The lowest BCUT2D eigenvalue weighted by Crippen LogP contribution is -2.23. The Hall–Kier alpha value is -1.07. The highest BCUT2D eigenvalue weighted by atomic mass is 32.2. The fourth-order valence-electron chi connectivity index (χ4n) is 2.48. The average molecular weight is 297 g/mol. The van der Waals surface area contributed by atoms with Crippen LogP contribution in [0.2, 0.25) is 0 Å². The van der Waals surface area contributed by atoms with E-state index >= 15 is 0 Å². The number of rotatable bonds is 7. The van der Waals surface area contributed by atoms with Crippen LogP contribution in [0.15, 0.2) is 12.1 Å². The van der Waals surface area contributed by atoms with Gasteiger partial charge in [-0.15, -0.1) is 0 Å². The maximum Gasteiger partial charge on any atom is 0.203 e. The van der Waals surface area contributed by atoms with Crippen LogP contribution in [0.1, 0.15) is 18.4 Å². The van der Waals surface area contributed by atoms with Crippen molar-refractivity contribution in [1.82, 2.24) is 5.32 Å². The maximum absolute atomic E-state index is 5.48. The molecule has 1 atom stereocenters. The van der Waals surface area contributed by atoms with Gasteiger partial charge in [0.25, 0.3) is 0 Å². The highest BCUT2D eigenvalue weighted by Gasteiger charge is 2.17. The van der Waals surface area contributed by atoms with Crippen LogP contribution in [0.5, 0.6) is 17.2 Å². The zero-order valence-electron chi connectivity index (χ0n) is 12.4. The molecule has 0 spiro atoms. The lowest BCUT2D eigenvalue weighted by Gasteiger charge is -2.17. The molecule has 0 amide bonds. The molecule has 112 valence electrons. The number of methoxy groups -OCH3 is 3. The molecule has 0 saturated carbocycles. The van der Waals surface area contributed by atoms with Crippen LogP contribution in [0, 0.1) is 0 Å². The number of hydrogen-bond acceptors (Lipinski definition) is 5. The number of ether oxygens (including phenoxy) is 3. The van der Waals surface area contributed by atoms with E-state index in [-0.39, 0.29) is 0 Å². The van der Waals surface area contributed by atoms with Crippen molar-refractivity contribution in [2.24, 2.45) is 0 Å². The number of nitrogens with one attached hydrogen (secondary N) is 1. The Morgan fingerprint density at radius 3 is 2.55 bits per heavy atom.